The first kappa shape index (κ1) is 19.2. The van der Waals surface area contributed by atoms with Crippen LogP contribution in [-0.2, 0) is 20.0 Å². The fraction of sp³-hybridized carbons (Fsp3) is 0.174. The molecule has 1 aliphatic rings. The summed E-state index contributed by atoms with van der Waals surface area (Å²) in [4.78, 5) is 9.11. The summed E-state index contributed by atoms with van der Waals surface area (Å²) >= 11 is 0. The average molecular weight is 415 g/mol. The smallest absolute Gasteiger partial charge is 0.229 e. The van der Waals surface area contributed by atoms with Gasteiger partial charge in [-0.15, -0.1) is 0 Å². The van der Waals surface area contributed by atoms with Crippen molar-refractivity contribution in [3.8, 4) is 11.1 Å². The maximum Gasteiger partial charge on any atom is 0.229 e. The van der Waals surface area contributed by atoms with Crippen molar-refractivity contribution in [2.45, 2.75) is 13.0 Å². The molecule has 7 nitrogen and oxygen atoms in total. The van der Waals surface area contributed by atoms with E-state index in [2.05, 4.69) is 49.2 Å². The number of rotatable bonds is 5. The van der Waals surface area contributed by atoms with Crippen LogP contribution < -0.4 is 16.0 Å². The summed E-state index contributed by atoms with van der Waals surface area (Å²) < 4.78 is 15.3. The molecule has 3 N–H and O–H groups in total. The fourth-order valence-electron chi connectivity index (χ4n) is 3.70. The molecule has 0 amide bonds. The van der Waals surface area contributed by atoms with E-state index in [1.165, 1.54) is 23.3 Å². The van der Waals surface area contributed by atoms with Crippen molar-refractivity contribution >= 4 is 23.1 Å². The molecular formula is C23H22FN7. The topological polar surface area (TPSA) is 79.7 Å². The number of aromatic nitrogens is 4. The first-order valence-electron chi connectivity index (χ1n) is 10.1. The van der Waals surface area contributed by atoms with Crippen molar-refractivity contribution in [1.82, 2.24) is 25.1 Å². The predicted octanol–water partition coefficient (Wildman–Crippen LogP) is 4.15. The lowest BCUT2D eigenvalue weighted by Crippen LogP contribution is -2.23. The van der Waals surface area contributed by atoms with Gasteiger partial charge in [-0.3, -0.25) is 4.68 Å². The number of nitrogens with zero attached hydrogens (tertiary/aromatic N) is 4. The summed E-state index contributed by atoms with van der Waals surface area (Å²) in [5, 5.41) is 14.2. The van der Waals surface area contributed by atoms with Crippen LogP contribution in [0.4, 0.5) is 27.5 Å². The number of nitrogens with one attached hydrogen (secondary N) is 3. The van der Waals surface area contributed by atoms with Crippen LogP contribution in [0, 0.1) is 5.82 Å². The molecular weight excluding hydrogens is 393 g/mol. The number of halogens is 1. The van der Waals surface area contributed by atoms with E-state index in [1.54, 1.807) is 29.2 Å². The summed E-state index contributed by atoms with van der Waals surface area (Å²) in [5.74, 6) is 0.698. The van der Waals surface area contributed by atoms with Crippen molar-refractivity contribution in [3.63, 3.8) is 0 Å². The van der Waals surface area contributed by atoms with Crippen molar-refractivity contribution in [1.29, 1.82) is 0 Å². The van der Waals surface area contributed by atoms with E-state index < -0.39 is 0 Å². The summed E-state index contributed by atoms with van der Waals surface area (Å²) in [5.41, 5.74) is 5.91. The van der Waals surface area contributed by atoms with Crippen molar-refractivity contribution in [2.75, 3.05) is 17.2 Å². The highest BCUT2D eigenvalue weighted by molar-refractivity contribution is 5.78. The second-order valence-corrected chi connectivity index (χ2v) is 7.53. The third-order valence-electron chi connectivity index (χ3n) is 5.24. The molecule has 0 fully saturated rings. The highest BCUT2D eigenvalue weighted by atomic mass is 19.1. The summed E-state index contributed by atoms with van der Waals surface area (Å²) in [7, 11) is 1.87. The molecule has 2 aromatic carbocycles. The lowest BCUT2D eigenvalue weighted by Gasteiger charge is -2.19. The Labute approximate surface area is 179 Å². The van der Waals surface area contributed by atoms with E-state index in [9.17, 15) is 4.39 Å². The molecule has 0 atom stereocenters. The van der Waals surface area contributed by atoms with E-state index >= 15 is 0 Å². The Hall–Kier alpha value is -3.78. The molecule has 0 radical (unpaired) electrons. The minimum atomic E-state index is -0.321. The lowest BCUT2D eigenvalue weighted by atomic mass is 10.0. The van der Waals surface area contributed by atoms with Crippen LogP contribution in [0.1, 0.15) is 11.1 Å². The van der Waals surface area contributed by atoms with Gasteiger partial charge < -0.3 is 16.0 Å². The van der Waals surface area contributed by atoms with Gasteiger partial charge in [-0.05, 0) is 54.4 Å². The Morgan fingerprint density at radius 1 is 1.03 bits per heavy atom. The molecule has 31 heavy (non-hydrogen) atoms. The van der Waals surface area contributed by atoms with Gasteiger partial charge in [-0.2, -0.15) is 10.1 Å². The molecule has 0 saturated heterocycles. The van der Waals surface area contributed by atoms with Crippen LogP contribution in [-0.4, -0.2) is 26.3 Å². The molecule has 0 spiro atoms. The van der Waals surface area contributed by atoms with Gasteiger partial charge in [0.25, 0.3) is 0 Å². The number of aryl methyl sites for hydroxylation is 1. The highest BCUT2D eigenvalue weighted by Gasteiger charge is 2.14. The van der Waals surface area contributed by atoms with Gasteiger partial charge in [0.2, 0.25) is 5.95 Å². The van der Waals surface area contributed by atoms with Crippen LogP contribution in [0.5, 0.6) is 0 Å². The normalized spacial score (nSPS) is 13.0. The van der Waals surface area contributed by atoms with Gasteiger partial charge in [-0.25, -0.2) is 9.37 Å². The van der Waals surface area contributed by atoms with Crippen LogP contribution >= 0.6 is 0 Å². The largest absolute Gasteiger partial charge is 0.340 e. The second-order valence-electron chi connectivity index (χ2n) is 7.53. The Bertz CT molecular complexity index is 1230. The molecule has 1 aliphatic heterocycles. The minimum absolute atomic E-state index is 0.321. The molecule has 0 unspecified atom stereocenters. The quantitative estimate of drug-likeness (QED) is 0.454. The predicted molar refractivity (Wildman–Crippen MR) is 119 cm³/mol. The molecule has 2 aromatic heterocycles. The standard InChI is InChI=1S/C23H22FN7/c1-31-14-17(12-27-31)21-13-26-23(29-19-4-2-3-18(24)10-19)30-22(21)28-20-6-5-15-7-8-25-11-16(15)9-20/h2-6,9-10,12-14,25H,7-8,11H2,1H3,(H2,26,28,29,30). The zero-order valence-electron chi connectivity index (χ0n) is 17.1. The summed E-state index contributed by atoms with van der Waals surface area (Å²) in [6, 6.07) is 12.6. The molecule has 8 heteroatoms. The van der Waals surface area contributed by atoms with Gasteiger partial charge in [0.05, 0.1) is 6.20 Å². The first-order chi connectivity index (χ1) is 15.1. The van der Waals surface area contributed by atoms with E-state index in [1.807, 2.05) is 13.2 Å². The Balaban J connectivity index is 1.50. The molecule has 0 bridgehead atoms. The lowest BCUT2D eigenvalue weighted by molar-refractivity contribution is 0.628. The fourth-order valence-corrected chi connectivity index (χ4v) is 3.70. The summed E-state index contributed by atoms with van der Waals surface area (Å²) in [6.07, 6.45) is 6.47. The number of benzene rings is 2. The molecule has 4 aromatic rings. The molecule has 156 valence electrons. The molecule has 0 aliphatic carbocycles. The van der Waals surface area contributed by atoms with Crippen LogP contribution in [0.15, 0.2) is 61.1 Å². The number of hydrogen-bond donors (Lipinski definition) is 3. The van der Waals surface area contributed by atoms with Crippen molar-refractivity contribution < 1.29 is 4.39 Å². The Morgan fingerprint density at radius 3 is 2.77 bits per heavy atom. The van der Waals surface area contributed by atoms with Gasteiger partial charge in [-0.1, -0.05) is 12.1 Å². The monoisotopic (exact) mass is 415 g/mol. The maximum atomic E-state index is 13.6. The second kappa shape index (κ2) is 8.16. The first-order valence-corrected chi connectivity index (χ1v) is 10.1. The van der Waals surface area contributed by atoms with E-state index in [0.717, 1.165) is 36.3 Å². The van der Waals surface area contributed by atoms with Gasteiger partial charge in [0.1, 0.15) is 11.6 Å². The van der Waals surface area contributed by atoms with E-state index in [0.29, 0.717) is 17.5 Å². The average Bonchev–Trinajstić information content (AvgIpc) is 3.20. The van der Waals surface area contributed by atoms with E-state index in [-0.39, 0.29) is 5.82 Å². The SMILES string of the molecule is Cn1cc(-c2cnc(Nc3cccc(F)c3)nc2Nc2ccc3c(c2)CNCC3)cn1. The van der Waals surface area contributed by atoms with Gasteiger partial charge in [0, 0.05) is 48.5 Å². The minimum Gasteiger partial charge on any atom is -0.340 e. The van der Waals surface area contributed by atoms with Gasteiger partial charge in [0.15, 0.2) is 0 Å². The highest BCUT2D eigenvalue weighted by Crippen LogP contribution is 2.30. The zero-order chi connectivity index (χ0) is 21.2. The van der Waals surface area contributed by atoms with Crippen LogP contribution in [0.25, 0.3) is 11.1 Å². The Kier molecular flexibility index (Phi) is 5.05. The third-order valence-corrected chi connectivity index (χ3v) is 5.24. The third kappa shape index (κ3) is 4.24. The molecule has 0 saturated carbocycles. The zero-order valence-corrected chi connectivity index (χ0v) is 17.1. The summed E-state index contributed by atoms with van der Waals surface area (Å²) in [6.45, 7) is 1.86. The maximum absolute atomic E-state index is 13.6. The van der Waals surface area contributed by atoms with E-state index in [4.69, 9.17) is 0 Å². The number of anilines is 4. The van der Waals surface area contributed by atoms with Gasteiger partial charge >= 0.3 is 0 Å². The number of fused-ring (bicyclic) bond motifs is 1. The van der Waals surface area contributed by atoms with Crippen molar-refractivity contribution in [2.24, 2.45) is 7.05 Å². The van der Waals surface area contributed by atoms with Crippen LogP contribution in [0.3, 0.4) is 0 Å². The Morgan fingerprint density at radius 2 is 1.94 bits per heavy atom. The van der Waals surface area contributed by atoms with Crippen molar-refractivity contribution in [3.05, 3.63) is 78.0 Å². The van der Waals surface area contributed by atoms with Crippen LogP contribution in [0.2, 0.25) is 0 Å². The molecule has 3 heterocycles. The molecule has 5 rings (SSSR count). The number of hydrogen-bond acceptors (Lipinski definition) is 6.